The molecule has 1 aromatic rings. The molecule has 0 spiro atoms. The zero-order valence-electron chi connectivity index (χ0n) is 15.0. The fourth-order valence-electron chi connectivity index (χ4n) is 4.91. The summed E-state index contributed by atoms with van der Waals surface area (Å²) in [6.07, 6.45) is 9.05. The molecule has 0 radical (unpaired) electrons. The van der Waals surface area contributed by atoms with Gasteiger partial charge >= 0.3 is 0 Å². The van der Waals surface area contributed by atoms with Crippen molar-refractivity contribution in [1.82, 2.24) is 19.6 Å². The number of hydrogen-bond donors (Lipinski definition) is 1. The molecule has 2 aliphatic heterocycles. The lowest BCUT2D eigenvalue weighted by molar-refractivity contribution is 0.0810. The highest BCUT2D eigenvalue weighted by atomic mass is 16.3. The van der Waals surface area contributed by atoms with Gasteiger partial charge in [0, 0.05) is 31.7 Å². The van der Waals surface area contributed by atoms with Gasteiger partial charge in [-0.15, -0.1) is 0 Å². The average Bonchev–Trinajstić information content (AvgIpc) is 3.21. The van der Waals surface area contributed by atoms with E-state index in [4.69, 9.17) is 0 Å². The van der Waals surface area contributed by atoms with Gasteiger partial charge in [0.1, 0.15) is 0 Å². The van der Waals surface area contributed by atoms with Gasteiger partial charge in [-0.3, -0.25) is 9.58 Å². The van der Waals surface area contributed by atoms with Crippen molar-refractivity contribution in [2.75, 3.05) is 19.6 Å². The number of hydrogen-bond acceptors (Lipinski definition) is 4. The molecule has 3 heterocycles. The van der Waals surface area contributed by atoms with E-state index in [1.807, 2.05) is 0 Å². The van der Waals surface area contributed by atoms with Crippen molar-refractivity contribution in [2.45, 2.75) is 83.1 Å². The first kappa shape index (κ1) is 16.6. The molecule has 3 aliphatic rings. The Morgan fingerprint density at radius 2 is 1.67 bits per heavy atom. The van der Waals surface area contributed by atoms with Crippen LogP contribution in [0.5, 0.6) is 0 Å². The van der Waals surface area contributed by atoms with E-state index >= 15 is 0 Å². The van der Waals surface area contributed by atoms with Crippen molar-refractivity contribution >= 4 is 0 Å². The first-order valence-electron chi connectivity index (χ1n) is 9.93. The second kappa shape index (κ2) is 7.14. The summed E-state index contributed by atoms with van der Waals surface area (Å²) in [5.41, 5.74) is 2.10. The minimum Gasteiger partial charge on any atom is -0.387 e. The summed E-state index contributed by atoms with van der Waals surface area (Å²) in [7, 11) is 0. The maximum Gasteiger partial charge on any atom is 0.0950 e. The van der Waals surface area contributed by atoms with E-state index in [0.717, 1.165) is 37.3 Å². The molecule has 0 amide bonds. The van der Waals surface area contributed by atoms with E-state index in [2.05, 4.69) is 25.6 Å². The average molecular weight is 332 g/mol. The Hall–Kier alpha value is -0.910. The number of aryl methyl sites for hydroxylation is 1. The zero-order chi connectivity index (χ0) is 16.5. The van der Waals surface area contributed by atoms with Crippen LogP contribution in [-0.4, -0.2) is 56.4 Å². The quantitative estimate of drug-likeness (QED) is 0.924. The molecule has 5 heteroatoms. The number of aromatic nitrogens is 2. The van der Waals surface area contributed by atoms with Crippen LogP contribution in [0.3, 0.4) is 0 Å². The summed E-state index contributed by atoms with van der Waals surface area (Å²) in [6, 6.07) is 3.71. The molecule has 2 fully saturated rings. The molecular formula is C19H32N4O. The number of fused-ring (bicyclic) bond motifs is 1. The first-order chi connectivity index (χ1) is 11.7. The van der Waals surface area contributed by atoms with Crippen molar-refractivity contribution in [1.29, 1.82) is 0 Å². The monoisotopic (exact) mass is 332 g/mol. The summed E-state index contributed by atoms with van der Waals surface area (Å²) in [6.45, 7) is 7.53. The summed E-state index contributed by atoms with van der Waals surface area (Å²) >= 11 is 0. The van der Waals surface area contributed by atoms with E-state index in [-0.39, 0.29) is 0 Å². The Labute approximate surface area is 145 Å². The standard InChI is InChI=1S/C19H32N4O/c1-15(24)19-13-18-14-22(9-4-10-23(18)20-19)17-7-11-21(12-8-17)16-5-2-3-6-16/h13,15-17,24H,2-12,14H2,1H3. The minimum absolute atomic E-state index is 0.465. The van der Waals surface area contributed by atoms with Crippen molar-refractivity contribution in [3.63, 3.8) is 0 Å². The Morgan fingerprint density at radius 3 is 2.38 bits per heavy atom. The van der Waals surface area contributed by atoms with Crippen LogP contribution in [0.15, 0.2) is 6.07 Å². The normalized spacial score (nSPS) is 26.4. The summed E-state index contributed by atoms with van der Waals surface area (Å²) in [5, 5.41) is 14.4. The highest BCUT2D eigenvalue weighted by Crippen LogP contribution is 2.28. The summed E-state index contributed by atoms with van der Waals surface area (Å²) < 4.78 is 2.12. The number of rotatable bonds is 3. The lowest BCUT2D eigenvalue weighted by Crippen LogP contribution is -2.47. The lowest BCUT2D eigenvalue weighted by atomic mass is 10.0. The van der Waals surface area contributed by atoms with Crippen LogP contribution in [0.2, 0.25) is 0 Å². The molecule has 0 bridgehead atoms. The van der Waals surface area contributed by atoms with Crippen LogP contribution in [-0.2, 0) is 13.1 Å². The van der Waals surface area contributed by atoms with Gasteiger partial charge in [-0.1, -0.05) is 12.8 Å². The highest BCUT2D eigenvalue weighted by molar-refractivity contribution is 5.13. The van der Waals surface area contributed by atoms with Gasteiger partial charge in [0.2, 0.25) is 0 Å². The van der Waals surface area contributed by atoms with E-state index in [0.29, 0.717) is 0 Å². The van der Waals surface area contributed by atoms with E-state index in [9.17, 15) is 5.11 Å². The number of nitrogens with zero attached hydrogens (tertiary/aromatic N) is 4. The molecule has 1 atom stereocenters. The van der Waals surface area contributed by atoms with Gasteiger partial charge in [-0.05, 0) is 58.2 Å². The number of aliphatic hydroxyl groups excluding tert-OH is 1. The molecule has 1 saturated heterocycles. The molecule has 5 nitrogen and oxygen atoms in total. The molecule has 134 valence electrons. The molecule has 24 heavy (non-hydrogen) atoms. The highest BCUT2D eigenvalue weighted by Gasteiger charge is 2.30. The third-order valence-electron chi connectivity index (χ3n) is 6.35. The van der Waals surface area contributed by atoms with Crippen LogP contribution in [0.25, 0.3) is 0 Å². The Balaban J connectivity index is 1.37. The molecule has 1 N–H and O–H groups in total. The predicted molar refractivity (Wildman–Crippen MR) is 94.7 cm³/mol. The molecular weight excluding hydrogens is 300 g/mol. The molecule has 1 saturated carbocycles. The van der Waals surface area contributed by atoms with Crippen LogP contribution < -0.4 is 0 Å². The van der Waals surface area contributed by atoms with Crippen LogP contribution in [0.1, 0.15) is 69.4 Å². The number of likely N-dealkylation sites (tertiary alicyclic amines) is 1. The lowest BCUT2D eigenvalue weighted by Gasteiger charge is -2.40. The Morgan fingerprint density at radius 1 is 0.958 bits per heavy atom. The second-order valence-electron chi connectivity index (χ2n) is 7.99. The molecule has 1 unspecified atom stereocenters. The van der Waals surface area contributed by atoms with Gasteiger partial charge in [0.25, 0.3) is 0 Å². The van der Waals surface area contributed by atoms with E-state index < -0.39 is 6.10 Å². The van der Waals surface area contributed by atoms with Crippen molar-refractivity contribution < 1.29 is 5.11 Å². The Bertz CT molecular complexity index is 542. The van der Waals surface area contributed by atoms with Crippen molar-refractivity contribution in [3.8, 4) is 0 Å². The SMILES string of the molecule is CC(O)c1cc2n(n1)CCCN(C1CCN(C3CCCC3)CC1)C2. The second-order valence-corrected chi connectivity index (χ2v) is 7.99. The summed E-state index contributed by atoms with van der Waals surface area (Å²) in [4.78, 5) is 5.44. The van der Waals surface area contributed by atoms with Crippen LogP contribution in [0.4, 0.5) is 0 Å². The Kier molecular flexibility index (Phi) is 4.93. The third kappa shape index (κ3) is 3.39. The van der Waals surface area contributed by atoms with Gasteiger partial charge in [0.15, 0.2) is 0 Å². The molecule has 0 aromatic carbocycles. The third-order valence-corrected chi connectivity index (χ3v) is 6.35. The number of aliphatic hydroxyl groups is 1. The molecule has 1 aromatic heterocycles. The fourth-order valence-corrected chi connectivity index (χ4v) is 4.91. The summed E-state index contributed by atoms with van der Waals surface area (Å²) in [5.74, 6) is 0. The van der Waals surface area contributed by atoms with Gasteiger partial charge in [0.05, 0.1) is 17.5 Å². The molecule has 4 rings (SSSR count). The largest absolute Gasteiger partial charge is 0.387 e. The predicted octanol–water partition coefficient (Wildman–Crippen LogP) is 2.55. The maximum absolute atomic E-state index is 9.80. The van der Waals surface area contributed by atoms with E-state index in [1.165, 1.54) is 63.9 Å². The minimum atomic E-state index is -0.465. The topological polar surface area (TPSA) is 44.5 Å². The van der Waals surface area contributed by atoms with Gasteiger partial charge in [-0.2, -0.15) is 5.10 Å². The fraction of sp³-hybridized carbons (Fsp3) is 0.842. The van der Waals surface area contributed by atoms with Gasteiger partial charge in [-0.25, -0.2) is 0 Å². The maximum atomic E-state index is 9.80. The van der Waals surface area contributed by atoms with Crippen LogP contribution >= 0.6 is 0 Å². The zero-order valence-corrected chi connectivity index (χ0v) is 15.0. The van der Waals surface area contributed by atoms with Gasteiger partial charge < -0.3 is 10.0 Å². The van der Waals surface area contributed by atoms with Crippen molar-refractivity contribution in [3.05, 3.63) is 17.5 Å². The number of piperidine rings is 1. The molecule has 1 aliphatic carbocycles. The smallest absolute Gasteiger partial charge is 0.0950 e. The van der Waals surface area contributed by atoms with Crippen LogP contribution in [0, 0.1) is 0 Å². The first-order valence-corrected chi connectivity index (χ1v) is 9.93. The van der Waals surface area contributed by atoms with E-state index in [1.54, 1.807) is 6.92 Å². The van der Waals surface area contributed by atoms with Crippen molar-refractivity contribution in [2.24, 2.45) is 0 Å².